The minimum Gasteiger partial charge on any atom is -0.480 e. The maximum absolute atomic E-state index is 13.1. The minimum atomic E-state index is -1.07. The third-order valence-electron chi connectivity index (χ3n) is 4.75. The van der Waals surface area contributed by atoms with Gasteiger partial charge in [0.2, 0.25) is 5.91 Å². The molecule has 0 aliphatic rings. The number of hydrogen-bond donors (Lipinski definition) is 3. The van der Waals surface area contributed by atoms with Gasteiger partial charge >= 0.3 is 5.97 Å². The second-order valence-electron chi connectivity index (χ2n) is 6.79. The maximum atomic E-state index is 13.1. The molecule has 0 fully saturated rings. The number of carboxylic acid groups (broad SMARTS) is 1. The SMILES string of the molecule is O=C(O)CN(C(=O)[C@H](CS)NCc1ccccc1-c1ccccc1)c1ccccc1. The quantitative estimate of drug-likeness (QED) is 0.460. The lowest BCUT2D eigenvalue weighted by atomic mass is 9.99. The number of benzene rings is 3. The van der Waals surface area contributed by atoms with Crippen molar-refractivity contribution in [2.45, 2.75) is 12.6 Å². The molecule has 0 spiro atoms. The second kappa shape index (κ2) is 10.6. The number of aliphatic carboxylic acids is 1. The van der Waals surface area contributed by atoms with Gasteiger partial charge in [0.15, 0.2) is 0 Å². The molecule has 5 nitrogen and oxygen atoms in total. The molecule has 3 rings (SSSR count). The molecule has 1 amide bonds. The van der Waals surface area contributed by atoms with Gasteiger partial charge in [0.25, 0.3) is 0 Å². The Labute approximate surface area is 181 Å². The van der Waals surface area contributed by atoms with Crippen molar-refractivity contribution >= 4 is 30.2 Å². The average molecular weight is 421 g/mol. The summed E-state index contributed by atoms with van der Waals surface area (Å²) in [7, 11) is 0. The molecule has 3 aromatic carbocycles. The van der Waals surface area contributed by atoms with Gasteiger partial charge < -0.3 is 10.4 Å². The van der Waals surface area contributed by atoms with Gasteiger partial charge in [-0.1, -0.05) is 72.8 Å². The number of rotatable bonds is 9. The van der Waals surface area contributed by atoms with Gasteiger partial charge in [-0.3, -0.25) is 14.5 Å². The summed E-state index contributed by atoms with van der Waals surface area (Å²) in [4.78, 5) is 25.8. The van der Waals surface area contributed by atoms with Gasteiger partial charge in [-0.25, -0.2) is 0 Å². The van der Waals surface area contributed by atoms with Gasteiger partial charge in [0.1, 0.15) is 6.54 Å². The van der Waals surface area contributed by atoms with Crippen LogP contribution in [0, 0.1) is 0 Å². The van der Waals surface area contributed by atoms with Crippen molar-refractivity contribution in [3.05, 3.63) is 90.5 Å². The highest BCUT2D eigenvalue weighted by molar-refractivity contribution is 7.80. The Bertz CT molecular complexity index is 980. The molecule has 0 aliphatic heterocycles. The summed E-state index contributed by atoms with van der Waals surface area (Å²) in [6.45, 7) is 0.0488. The van der Waals surface area contributed by atoms with Crippen LogP contribution in [0.25, 0.3) is 11.1 Å². The summed E-state index contributed by atoms with van der Waals surface area (Å²) in [6.07, 6.45) is 0. The van der Waals surface area contributed by atoms with Crippen LogP contribution in [0.15, 0.2) is 84.9 Å². The molecular formula is C24H24N2O3S. The summed E-state index contributed by atoms with van der Waals surface area (Å²) in [6, 6.07) is 26.2. The zero-order valence-electron chi connectivity index (χ0n) is 16.4. The lowest BCUT2D eigenvalue weighted by molar-refractivity contribution is -0.136. The number of carboxylic acids is 1. The van der Waals surface area contributed by atoms with Gasteiger partial charge in [-0.15, -0.1) is 0 Å². The number of amides is 1. The molecule has 6 heteroatoms. The normalized spacial score (nSPS) is 11.6. The third-order valence-corrected chi connectivity index (χ3v) is 5.11. The fraction of sp³-hybridized carbons (Fsp3) is 0.167. The lowest BCUT2D eigenvalue weighted by Crippen LogP contribution is -2.49. The number of thiol groups is 1. The van der Waals surface area contributed by atoms with Crippen molar-refractivity contribution in [1.82, 2.24) is 5.32 Å². The molecule has 0 heterocycles. The first-order valence-corrected chi connectivity index (χ1v) is 10.3. The third kappa shape index (κ3) is 5.49. The first-order valence-electron chi connectivity index (χ1n) is 9.66. The summed E-state index contributed by atoms with van der Waals surface area (Å²) in [5, 5.41) is 12.5. The second-order valence-corrected chi connectivity index (χ2v) is 7.16. The van der Waals surface area contributed by atoms with Crippen LogP contribution in [-0.2, 0) is 16.1 Å². The minimum absolute atomic E-state index is 0.245. The van der Waals surface area contributed by atoms with E-state index in [1.165, 1.54) is 4.90 Å². The van der Waals surface area contributed by atoms with Crippen molar-refractivity contribution in [2.24, 2.45) is 0 Å². The fourth-order valence-corrected chi connectivity index (χ4v) is 3.55. The molecule has 0 unspecified atom stereocenters. The first-order chi connectivity index (χ1) is 14.6. The predicted octanol–water partition coefficient (Wildman–Crippen LogP) is 3.86. The van der Waals surface area contributed by atoms with E-state index in [1.807, 2.05) is 60.7 Å². The van der Waals surface area contributed by atoms with E-state index in [1.54, 1.807) is 24.3 Å². The van der Waals surface area contributed by atoms with Crippen LogP contribution in [0.5, 0.6) is 0 Å². The van der Waals surface area contributed by atoms with Crippen LogP contribution in [0.1, 0.15) is 5.56 Å². The van der Waals surface area contributed by atoms with Gasteiger partial charge in [-0.05, 0) is 28.8 Å². The molecule has 0 saturated heterocycles. The topological polar surface area (TPSA) is 69.6 Å². The molecule has 0 aromatic heterocycles. The Morgan fingerprint density at radius 1 is 0.900 bits per heavy atom. The van der Waals surface area contributed by atoms with E-state index in [2.05, 4.69) is 17.9 Å². The summed E-state index contributed by atoms with van der Waals surface area (Å²) in [5.74, 6) is -1.15. The Morgan fingerprint density at radius 3 is 2.13 bits per heavy atom. The van der Waals surface area contributed by atoms with Crippen molar-refractivity contribution in [1.29, 1.82) is 0 Å². The molecule has 1 atom stereocenters. The van der Waals surface area contributed by atoms with Crippen LogP contribution in [0.4, 0.5) is 5.69 Å². The largest absolute Gasteiger partial charge is 0.480 e. The van der Waals surface area contributed by atoms with E-state index in [0.29, 0.717) is 12.2 Å². The summed E-state index contributed by atoms with van der Waals surface area (Å²) < 4.78 is 0. The highest BCUT2D eigenvalue weighted by Crippen LogP contribution is 2.23. The number of para-hydroxylation sites is 1. The van der Waals surface area contributed by atoms with Crippen LogP contribution in [0.2, 0.25) is 0 Å². The maximum Gasteiger partial charge on any atom is 0.323 e. The molecule has 0 aliphatic carbocycles. The summed E-state index contributed by atoms with van der Waals surface area (Å²) in [5.41, 5.74) is 3.78. The van der Waals surface area contributed by atoms with Gasteiger partial charge in [-0.2, -0.15) is 12.6 Å². The lowest BCUT2D eigenvalue weighted by Gasteiger charge is -2.26. The molecule has 0 saturated carbocycles. The number of hydrogen-bond acceptors (Lipinski definition) is 4. The standard InChI is InChI=1S/C24H24N2O3S/c27-23(28)16-26(20-12-5-2-6-13-20)24(29)22(17-30)25-15-19-11-7-8-14-21(19)18-9-3-1-4-10-18/h1-14,22,25,30H,15-17H2,(H,27,28)/t22-/m0/s1. The highest BCUT2D eigenvalue weighted by atomic mass is 32.1. The van der Waals surface area contributed by atoms with Crippen LogP contribution in [0.3, 0.4) is 0 Å². The molecule has 0 radical (unpaired) electrons. The van der Waals surface area contributed by atoms with E-state index in [0.717, 1.165) is 16.7 Å². The fourth-order valence-electron chi connectivity index (χ4n) is 3.26. The Hall–Kier alpha value is -3.09. The Morgan fingerprint density at radius 2 is 1.50 bits per heavy atom. The number of carbonyl (C=O) groups is 2. The van der Waals surface area contributed by atoms with E-state index >= 15 is 0 Å². The van der Waals surface area contributed by atoms with E-state index in [-0.39, 0.29) is 11.7 Å². The highest BCUT2D eigenvalue weighted by Gasteiger charge is 2.26. The van der Waals surface area contributed by atoms with Crippen molar-refractivity contribution in [2.75, 3.05) is 17.2 Å². The van der Waals surface area contributed by atoms with Crippen molar-refractivity contribution in [3.8, 4) is 11.1 Å². The number of nitrogens with one attached hydrogen (secondary N) is 1. The molecular weight excluding hydrogens is 396 g/mol. The molecule has 0 bridgehead atoms. The van der Waals surface area contributed by atoms with Crippen LogP contribution < -0.4 is 10.2 Å². The average Bonchev–Trinajstić information content (AvgIpc) is 2.79. The Kier molecular flexibility index (Phi) is 7.65. The monoisotopic (exact) mass is 420 g/mol. The zero-order valence-corrected chi connectivity index (χ0v) is 17.3. The zero-order chi connectivity index (χ0) is 21.3. The smallest absolute Gasteiger partial charge is 0.323 e. The first kappa shape index (κ1) is 21.6. The predicted molar refractivity (Wildman–Crippen MR) is 123 cm³/mol. The van der Waals surface area contributed by atoms with Crippen LogP contribution >= 0.6 is 12.6 Å². The molecule has 3 aromatic rings. The Balaban J connectivity index is 1.78. The van der Waals surface area contributed by atoms with Crippen molar-refractivity contribution < 1.29 is 14.7 Å². The molecule has 2 N–H and O–H groups in total. The van der Waals surface area contributed by atoms with E-state index in [4.69, 9.17) is 0 Å². The molecule has 154 valence electrons. The summed E-state index contributed by atoms with van der Waals surface area (Å²) >= 11 is 4.34. The van der Waals surface area contributed by atoms with E-state index in [9.17, 15) is 14.7 Å². The number of anilines is 1. The number of carbonyl (C=O) groups excluding carboxylic acids is 1. The van der Waals surface area contributed by atoms with Gasteiger partial charge in [0.05, 0.1) is 6.04 Å². The van der Waals surface area contributed by atoms with Crippen LogP contribution in [-0.4, -0.2) is 35.3 Å². The van der Waals surface area contributed by atoms with Crippen molar-refractivity contribution in [3.63, 3.8) is 0 Å². The van der Waals surface area contributed by atoms with Gasteiger partial charge in [0, 0.05) is 18.0 Å². The van der Waals surface area contributed by atoms with E-state index < -0.39 is 18.6 Å². The molecule has 30 heavy (non-hydrogen) atoms. The number of nitrogens with zero attached hydrogens (tertiary/aromatic N) is 1.